The second-order valence-electron chi connectivity index (χ2n) is 15.4. The van der Waals surface area contributed by atoms with Gasteiger partial charge in [-0.05, 0) is 76.6 Å². The maximum Gasteiger partial charge on any atom is 0.407 e. The second kappa shape index (κ2) is 18.7. The summed E-state index contributed by atoms with van der Waals surface area (Å²) in [4.78, 5) is 78.3. The smallest absolute Gasteiger partial charge is 0.407 e. The fourth-order valence-electron chi connectivity index (χ4n) is 6.27. The Balaban J connectivity index is 1.27. The summed E-state index contributed by atoms with van der Waals surface area (Å²) in [6.07, 6.45) is 0.658. The van der Waals surface area contributed by atoms with E-state index in [4.69, 9.17) is 13.8 Å². The van der Waals surface area contributed by atoms with Crippen molar-refractivity contribution in [3.63, 3.8) is 0 Å². The standard InChI is InChI=1S/C39H52N5O11P/c1-38(2,3)54-56(52,55-39(4,5)6)21-17-32(45)40-18-11-12-26-22-44(36(50)42-35(26)49)23-33(46)43(24-34(47)48)20-19-41-37(51)53-25-31-29-15-9-7-13-27(29)28-14-8-10-16-30(28)31/h7-10,13-16,22,31H,11-12,17-21,23-25H2,1-6H3,(H,40,45)(H,41,51)(H,47,48)(H,42,49,50). The Morgan fingerprint density at radius 1 is 0.893 bits per heavy atom. The van der Waals surface area contributed by atoms with Gasteiger partial charge in [0.15, 0.2) is 0 Å². The van der Waals surface area contributed by atoms with Crippen LogP contribution >= 0.6 is 7.60 Å². The maximum absolute atomic E-state index is 13.4. The Labute approximate surface area is 325 Å². The number of nitrogens with zero attached hydrogens (tertiary/aromatic N) is 2. The fourth-order valence-corrected chi connectivity index (χ4v) is 8.64. The number of H-pyrrole nitrogens is 1. The summed E-state index contributed by atoms with van der Waals surface area (Å²) >= 11 is 0. The molecule has 1 heterocycles. The summed E-state index contributed by atoms with van der Waals surface area (Å²) in [7, 11) is -3.61. The van der Waals surface area contributed by atoms with Crippen LogP contribution in [0.2, 0.25) is 0 Å². The van der Waals surface area contributed by atoms with E-state index in [1.54, 1.807) is 41.5 Å². The molecule has 2 aromatic carbocycles. The van der Waals surface area contributed by atoms with Gasteiger partial charge in [-0.15, -0.1) is 0 Å². The van der Waals surface area contributed by atoms with Crippen molar-refractivity contribution < 1.29 is 42.6 Å². The number of aliphatic carboxylic acids is 1. The molecule has 0 atom stereocenters. The van der Waals surface area contributed by atoms with E-state index < -0.39 is 67.0 Å². The molecule has 0 unspecified atom stereocenters. The SMILES string of the molecule is CC(C)(C)OP(=O)(CCC(=O)NCCCc1cn(CC(=O)N(CCNC(=O)OCC2c3ccccc3-c3ccccc32)CC(=O)O)c(=O)[nH]c1=O)OC(C)(C)C. The molecule has 1 aromatic heterocycles. The highest BCUT2D eigenvalue weighted by molar-refractivity contribution is 7.54. The molecule has 0 fully saturated rings. The van der Waals surface area contributed by atoms with Crippen LogP contribution in [-0.4, -0.2) is 93.6 Å². The van der Waals surface area contributed by atoms with Gasteiger partial charge in [-0.25, -0.2) is 9.59 Å². The number of aromatic nitrogens is 2. The van der Waals surface area contributed by atoms with Gasteiger partial charge < -0.3 is 34.4 Å². The van der Waals surface area contributed by atoms with Gasteiger partial charge in [0.25, 0.3) is 5.56 Å². The van der Waals surface area contributed by atoms with Gasteiger partial charge in [0.2, 0.25) is 11.8 Å². The molecule has 0 radical (unpaired) electrons. The quantitative estimate of drug-likeness (QED) is 0.105. The molecular formula is C39H52N5O11P. The number of hydrogen-bond acceptors (Lipinski definition) is 10. The molecule has 0 saturated carbocycles. The van der Waals surface area contributed by atoms with E-state index in [0.29, 0.717) is 6.42 Å². The zero-order valence-electron chi connectivity index (χ0n) is 32.7. The topological polar surface area (TPSA) is 215 Å². The summed E-state index contributed by atoms with van der Waals surface area (Å²) < 4.78 is 31.3. The van der Waals surface area contributed by atoms with E-state index in [1.165, 1.54) is 6.20 Å². The lowest BCUT2D eigenvalue weighted by molar-refractivity contribution is -0.144. The first-order valence-corrected chi connectivity index (χ1v) is 20.1. The predicted octanol–water partition coefficient (Wildman–Crippen LogP) is 4.25. The zero-order chi connectivity index (χ0) is 41.3. The van der Waals surface area contributed by atoms with Gasteiger partial charge in [-0.3, -0.25) is 33.3 Å². The van der Waals surface area contributed by atoms with E-state index >= 15 is 0 Å². The lowest BCUT2D eigenvalue weighted by Crippen LogP contribution is -2.44. The van der Waals surface area contributed by atoms with E-state index in [-0.39, 0.29) is 56.7 Å². The lowest BCUT2D eigenvalue weighted by Gasteiger charge is -2.32. The highest BCUT2D eigenvalue weighted by Gasteiger charge is 2.35. The summed E-state index contributed by atoms with van der Waals surface area (Å²) in [6.45, 7) is 9.10. The molecule has 17 heteroatoms. The number of aryl methyl sites for hydroxylation is 1. The van der Waals surface area contributed by atoms with Crippen LogP contribution in [0.3, 0.4) is 0 Å². The van der Waals surface area contributed by atoms with Crippen molar-refractivity contribution in [2.24, 2.45) is 0 Å². The van der Waals surface area contributed by atoms with Crippen molar-refractivity contribution in [3.8, 4) is 11.1 Å². The number of benzene rings is 2. The Bertz CT molecular complexity index is 2000. The number of ether oxygens (including phenoxy) is 1. The number of nitrogens with one attached hydrogen (secondary N) is 3. The minimum Gasteiger partial charge on any atom is -0.480 e. The number of carbonyl (C=O) groups is 4. The molecule has 4 N–H and O–H groups in total. The Hall–Kier alpha value is -5.05. The first-order valence-electron chi connectivity index (χ1n) is 18.4. The van der Waals surface area contributed by atoms with E-state index in [2.05, 4.69) is 15.6 Å². The fraction of sp³-hybridized carbons (Fsp3) is 0.487. The molecule has 304 valence electrons. The van der Waals surface area contributed by atoms with Crippen LogP contribution in [0, 0.1) is 0 Å². The molecule has 3 aromatic rings. The zero-order valence-corrected chi connectivity index (χ0v) is 33.6. The number of hydrogen-bond donors (Lipinski definition) is 4. The van der Waals surface area contributed by atoms with Crippen molar-refractivity contribution >= 4 is 31.5 Å². The number of fused-ring (bicyclic) bond motifs is 3. The second-order valence-corrected chi connectivity index (χ2v) is 17.5. The van der Waals surface area contributed by atoms with Gasteiger partial charge in [-0.1, -0.05) is 48.5 Å². The number of rotatable bonds is 18. The average molecular weight is 798 g/mol. The van der Waals surface area contributed by atoms with E-state index in [1.807, 2.05) is 48.5 Å². The summed E-state index contributed by atoms with van der Waals surface area (Å²) in [5.41, 5.74) is 1.35. The van der Waals surface area contributed by atoms with Crippen LogP contribution in [0.25, 0.3) is 11.1 Å². The Morgan fingerprint density at radius 3 is 2.05 bits per heavy atom. The number of aromatic amines is 1. The maximum atomic E-state index is 13.4. The molecule has 0 aliphatic heterocycles. The molecule has 1 aliphatic carbocycles. The molecular weight excluding hydrogens is 745 g/mol. The Kier molecular flexibility index (Phi) is 14.6. The van der Waals surface area contributed by atoms with Gasteiger partial charge in [-0.2, -0.15) is 0 Å². The number of carboxylic acids is 1. The third-order valence-corrected chi connectivity index (χ3v) is 10.9. The Morgan fingerprint density at radius 2 is 1.48 bits per heavy atom. The first-order chi connectivity index (χ1) is 26.2. The highest BCUT2D eigenvalue weighted by atomic mass is 31.2. The average Bonchev–Trinajstić information content (AvgIpc) is 3.41. The largest absolute Gasteiger partial charge is 0.480 e. The molecule has 0 bridgehead atoms. The monoisotopic (exact) mass is 797 g/mol. The minimum atomic E-state index is -3.61. The van der Waals surface area contributed by atoms with E-state index in [9.17, 15) is 38.4 Å². The minimum absolute atomic E-state index is 0.0742. The normalized spacial score (nSPS) is 12.8. The molecule has 16 nitrogen and oxygen atoms in total. The van der Waals surface area contributed by atoms with Crippen LogP contribution in [0.5, 0.6) is 0 Å². The van der Waals surface area contributed by atoms with Crippen LogP contribution in [-0.2, 0) is 45.7 Å². The lowest BCUT2D eigenvalue weighted by atomic mass is 9.98. The van der Waals surface area contributed by atoms with Crippen molar-refractivity contribution in [1.29, 1.82) is 0 Å². The summed E-state index contributed by atoms with van der Waals surface area (Å²) in [5, 5.41) is 14.7. The molecule has 0 saturated heterocycles. The number of amides is 3. The van der Waals surface area contributed by atoms with Crippen LogP contribution in [0.15, 0.2) is 64.3 Å². The predicted molar refractivity (Wildman–Crippen MR) is 209 cm³/mol. The van der Waals surface area contributed by atoms with Crippen molar-refractivity contribution in [3.05, 3.63) is 92.3 Å². The molecule has 1 aliphatic rings. The van der Waals surface area contributed by atoms with Gasteiger partial charge in [0.05, 0.1) is 17.4 Å². The molecule has 56 heavy (non-hydrogen) atoms. The van der Waals surface area contributed by atoms with Crippen molar-refractivity contribution in [2.75, 3.05) is 38.9 Å². The summed E-state index contributed by atoms with van der Waals surface area (Å²) in [5.74, 6) is -2.59. The first kappa shape index (κ1) is 43.7. The van der Waals surface area contributed by atoms with Gasteiger partial charge >= 0.3 is 25.3 Å². The number of carbonyl (C=O) groups excluding carboxylic acids is 3. The number of alkyl carbamates (subject to hydrolysis) is 1. The van der Waals surface area contributed by atoms with E-state index in [0.717, 1.165) is 31.7 Å². The third-order valence-electron chi connectivity index (χ3n) is 8.45. The summed E-state index contributed by atoms with van der Waals surface area (Å²) in [6, 6.07) is 15.8. The van der Waals surface area contributed by atoms with Crippen LogP contribution in [0.4, 0.5) is 4.79 Å². The molecule has 0 spiro atoms. The van der Waals surface area contributed by atoms with Crippen LogP contribution < -0.4 is 21.9 Å². The van der Waals surface area contributed by atoms with Crippen molar-refractivity contribution in [2.45, 2.75) is 84.5 Å². The van der Waals surface area contributed by atoms with Crippen molar-refractivity contribution in [1.82, 2.24) is 25.1 Å². The number of carboxylic acid groups (broad SMARTS) is 1. The molecule has 4 rings (SSSR count). The van der Waals surface area contributed by atoms with Crippen LogP contribution in [0.1, 0.15) is 77.0 Å². The van der Waals surface area contributed by atoms with Gasteiger partial charge in [0.1, 0.15) is 19.7 Å². The van der Waals surface area contributed by atoms with Gasteiger partial charge in [0, 0.05) is 43.7 Å². The molecule has 3 amide bonds. The highest BCUT2D eigenvalue weighted by Crippen LogP contribution is 2.54. The third kappa shape index (κ3) is 13.0.